The summed E-state index contributed by atoms with van der Waals surface area (Å²) in [5.74, 6) is 0.0497. The number of hydrogen-bond acceptors (Lipinski definition) is 3. The molecule has 1 amide bonds. The molecule has 96 valence electrons. The molecular formula is C13H14ClNO2S. The Hall–Kier alpha value is -1.00. The van der Waals surface area contributed by atoms with Crippen molar-refractivity contribution < 1.29 is 9.59 Å². The van der Waals surface area contributed by atoms with Gasteiger partial charge in [-0.25, -0.2) is 0 Å². The number of hydrogen-bond donors (Lipinski definition) is 0. The topological polar surface area (TPSA) is 37.4 Å². The van der Waals surface area contributed by atoms with Crippen molar-refractivity contribution in [3.05, 3.63) is 28.8 Å². The lowest BCUT2D eigenvalue weighted by molar-refractivity contribution is -0.117. The van der Waals surface area contributed by atoms with E-state index in [2.05, 4.69) is 0 Å². The van der Waals surface area contributed by atoms with E-state index in [4.69, 9.17) is 11.6 Å². The molecule has 1 unspecified atom stereocenters. The van der Waals surface area contributed by atoms with Gasteiger partial charge >= 0.3 is 0 Å². The van der Waals surface area contributed by atoms with E-state index in [0.717, 1.165) is 11.3 Å². The fraction of sp³-hybridized carbons (Fsp3) is 0.385. The highest BCUT2D eigenvalue weighted by Gasteiger charge is 2.31. The highest BCUT2D eigenvalue weighted by molar-refractivity contribution is 8.14. The number of rotatable bonds is 2. The van der Waals surface area contributed by atoms with Crippen LogP contribution in [0.1, 0.15) is 18.9 Å². The number of nitrogens with zero attached hydrogens (tertiary/aromatic N) is 1. The normalized spacial score (nSPS) is 19.4. The van der Waals surface area contributed by atoms with Crippen LogP contribution in [0.4, 0.5) is 5.69 Å². The van der Waals surface area contributed by atoms with Crippen LogP contribution in [0, 0.1) is 6.92 Å². The van der Waals surface area contributed by atoms with E-state index in [9.17, 15) is 9.59 Å². The van der Waals surface area contributed by atoms with Gasteiger partial charge < -0.3 is 4.90 Å². The van der Waals surface area contributed by atoms with E-state index >= 15 is 0 Å². The Morgan fingerprint density at radius 1 is 1.50 bits per heavy atom. The molecule has 1 fully saturated rings. The Kier molecular flexibility index (Phi) is 3.97. The molecule has 0 saturated carbocycles. The van der Waals surface area contributed by atoms with Crippen molar-refractivity contribution in [1.29, 1.82) is 0 Å². The average Bonchev–Trinajstić information content (AvgIpc) is 2.62. The third-order valence-electron chi connectivity index (χ3n) is 2.89. The van der Waals surface area contributed by atoms with Gasteiger partial charge in [-0.05, 0) is 24.6 Å². The third-order valence-corrected chi connectivity index (χ3v) is 4.28. The Labute approximate surface area is 115 Å². The van der Waals surface area contributed by atoms with Gasteiger partial charge in [0.2, 0.25) is 5.91 Å². The molecule has 1 aliphatic rings. The number of carbonyl (C=O) groups is 2. The summed E-state index contributed by atoms with van der Waals surface area (Å²) in [5.41, 5.74) is 1.80. The number of aryl methyl sites for hydroxylation is 1. The number of halogens is 1. The predicted molar refractivity (Wildman–Crippen MR) is 75.2 cm³/mol. The number of benzene rings is 1. The van der Waals surface area contributed by atoms with Crippen LogP contribution < -0.4 is 4.90 Å². The van der Waals surface area contributed by atoms with Crippen molar-refractivity contribution in [2.45, 2.75) is 25.5 Å². The smallest absolute Gasteiger partial charge is 0.228 e. The minimum absolute atomic E-state index is 0.0497. The second-order valence-corrected chi connectivity index (χ2v) is 6.26. The third kappa shape index (κ3) is 2.87. The number of anilines is 1. The van der Waals surface area contributed by atoms with Crippen LogP contribution in [0.25, 0.3) is 0 Å². The van der Waals surface area contributed by atoms with Gasteiger partial charge in [0, 0.05) is 35.8 Å². The largest absolute Gasteiger partial charge is 0.311 e. The molecule has 18 heavy (non-hydrogen) atoms. The highest BCUT2D eigenvalue weighted by Crippen LogP contribution is 2.30. The maximum absolute atomic E-state index is 11.9. The lowest BCUT2D eigenvalue weighted by atomic mass is 10.2. The summed E-state index contributed by atoms with van der Waals surface area (Å²) >= 11 is 7.30. The second-order valence-electron chi connectivity index (χ2n) is 4.37. The standard InChI is InChI=1S/C13H14ClNO2S/c1-8-3-4-10(5-12(8)14)15-7-11(6-13(15)17)18-9(2)16/h3-5,11H,6-7H2,1-2H3. The van der Waals surface area contributed by atoms with E-state index in [0.29, 0.717) is 18.0 Å². The Morgan fingerprint density at radius 2 is 2.22 bits per heavy atom. The zero-order valence-electron chi connectivity index (χ0n) is 10.3. The Balaban J connectivity index is 2.16. The summed E-state index contributed by atoms with van der Waals surface area (Å²) in [6, 6.07) is 5.59. The quantitative estimate of drug-likeness (QED) is 0.837. The first kappa shape index (κ1) is 13.4. The van der Waals surface area contributed by atoms with Gasteiger partial charge in [-0.2, -0.15) is 0 Å². The average molecular weight is 284 g/mol. The second kappa shape index (κ2) is 5.33. The zero-order chi connectivity index (χ0) is 13.3. The van der Waals surface area contributed by atoms with Gasteiger partial charge in [0.15, 0.2) is 5.12 Å². The van der Waals surface area contributed by atoms with E-state index < -0.39 is 0 Å². The molecule has 0 spiro atoms. The van der Waals surface area contributed by atoms with Crippen molar-refractivity contribution in [2.24, 2.45) is 0 Å². The molecule has 5 heteroatoms. The summed E-state index contributed by atoms with van der Waals surface area (Å²) in [6.07, 6.45) is 0.412. The minimum atomic E-state index is 0.0497. The number of thioether (sulfide) groups is 1. The summed E-state index contributed by atoms with van der Waals surface area (Å²) in [4.78, 5) is 24.7. The molecule has 1 aromatic rings. The van der Waals surface area contributed by atoms with Gasteiger partial charge in [-0.1, -0.05) is 29.4 Å². The molecule has 0 N–H and O–H groups in total. The first-order valence-electron chi connectivity index (χ1n) is 5.71. The van der Waals surface area contributed by atoms with Crippen molar-refractivity contribution in [2.75, 3.05) is 11.4 Å². The molecule has 1 aliphatic heterocycles. The summed E-state index contributed by atoms with van der Waals surface area (Å²) in [7, 11) is 0. The molecule has 0 radical (unpaired) electrons. The van der Waals surface area contributed by atoms with Crippen LogP contribution in [0.2, 0.25) is 5.02 Å². The fourth-order valence-electron chi connectivity index (χ4n) is 1.99. The monoisotopic (exact) mass is 283 g/mol. The predicted octanol–water partition coefficient (Wildman–Crippen LogP) is 3.03. The van der Waals surface area contributed by atoms with E-state index in [-0.39, 0.29) is 16.3 Å². The van der Waals surface area contributed by atoms with Crippen LogP contribution in [-0.4, -0.2) is 22.8 Å². The number of carbonyl (C=O) groups excluding carboxylic acids is 2. The molecule has 3 nitrogen and oxygen atoms in total. The Bertz CT molecular complexity index is 504. The van der Waals surface area contributed by atoms with Crippen LogP contribution >= 0.6 is 23.4 Å². The lowest BCUT2D eigenvalue weighted by Gasteiger charge is -2.17. The molecule has 0 aromatic heterocycles. The molecule has 0 aliphatic carbocycles. The maximum atomic E-state index is 11.9. The van der Waals surface area contributed by atoms with Gasteiger partial charge in [0.05, 0.1) is 0 Å². The maximum Gasteiger partial charge on any atom is 0.228 e. The van der Waals surface area contributed by atoms with Gasteiger partial charge in [-0.15, -0.1) is 0 Å². The minimum Gasteiger partial charge on any atom is -0.311 e. The van der Waals surface area contributed by atoms with Gasteiger partial charge in [-0.3, -0.25) is 9.59 Å². The molecule has 1 aromatic carbocycles. The van der Waals surface area contributed by atoms with Gasteiger partial charge in [0.1, 0.15) is 0 Å². The van der Waals surface area contributed by atoms with Gasteiger partial charge in [0.25, 0.3) is 0 Å². The lowest BCUT2D eigenvalue weighted by Crippen LogP contribution is -2.24. The van der Waals surface area contributed by atoms with Crippen LogP contribution in [0.15, 0.2) is 18.2 Å². The van der Waals surface area contributed by atoms with E-state index in [1.807, 2.05) is 19.1 Å². The summed E-state index contributed by atoms with van der Waals surface area (Å²) < 4.78 is 0. The van der Waals surface area contributed by atoms with Crippen LogP contribution in [0.5, 0.6) is 0 Å². The fourth-order valence-corrected chi connectivity index (χ4v) is 3.08. The summed E-state index contributed by atoms with van der Waals surface area (Å²) in [5, 5.41) is 0.759. The van der Waals surface area contributed by atoms with Crippen LogP contribution in [0.3, 0.4) is 0 Å². The first-order valence-corrected chi connectivity index (χ1v) is 6.97. The van der Waals surface area contributed by atoms with E-state index in [1.54, 1.807) is 11.0 Å². The van der Waals surface area contributed by atoms with Crippen molar-refractivity contribution in [3.63, 3.8) is 0 Å². The molecule has 1 heterocycles. The SMILES string of the molecule is CC(=O)SC1CC(=O)N(c2ccc(C)c(Cl)c2)C1. The van der Waals surface area contributed by atoms with E-state index in [1.165, 1.54) is 18.7 Å². The van der Waals surface area contributed by atoms with Crippen LogP contribution in [-0.2, 0) is 9.59 Å². The molecule has 2 rings (SSSR count). The van der Waals surface area contributed by atoms with Crippen molar-refractivity contribution in [3.8, 4) is 0 Å². The summed E-state index contributed by atoms with van der Waals surface area (Å²) in [6.45, 7) is 4.02. The van der Waals surface area contributed by atoms with Crippen molar-refractivity contribution >= 4 is 40.1 Å². The number of amides is 1. The van der Waals surface area contributed by atoms with Crippen molar-refractivity contribution in [1.82, 2.24) is 0 Å². The molecule has 0 bridgehead atoms. The first-order chi connectivity index (χ1) is 8.47. The molecule has 1 atom stereocenters. The zero-order valence-corrected chi connectivity index (χ0v) is 11.8. The molecular weight excluding hydrogens is 270 g/mol. The molecule has 1 saturated heterocycles. The highest BCUT2D eigenvalue weighted by atomic mass is 35.5. The Morgan fingerprint density at radius 3 is 2.83 bits per heavy atom.